The van der Waals surface area contributed by atoms with Crippen molar-refractivity contribution in [2.75, 3.05) is 25.5 Å². The van der Waals surface area contributed by atoms with Crippen molar-refractivity contribution in [2.45, 2.75) is 62.6 Å². The van der Waals surface area contributed by atoms with Gasteiger partial charge in [0.05, 0.1) is 16.9 Å². The summed E-state index contributed by atoms with van der Waals surface area (Å²) in [6.45, 7) is 1.91. The first-order chi connectivity index (χ1) is 17.4. The van der Waals surface area contributed by atoms with Crippen LogP contribution in [0, 0.1) is 17.8 Å². The second-order valence-corrected chi connectivity index (χ2v) is 11.6. The number of amides is 1. The molecular weight excluding hydrogens is 458 g/mol. The molecule has 4 saturated carbocycles. The van der Waals surface area contributed by atoms with Crippen LogP contribution < -0.4 is 10.6 Å². The predicted octanol–water partition coefficient (Wildman–Crippen LogP) is 2.79. The number of carbonyl (C=O) groups is 1. The molecule has 0 aromatic carbocycles. The molecule has 4 bridgehead atoms. The number of likely N-dealkylation sites (tertiary alicyclic amines) is 1. The zero-order chi connectivity index (χ0) is 24.4. The van der Waals surface area contributed by atoms with Crippen LogP contribution >= 0.6 is 0 Å². The number of H-pyrrole nitrogens is 1. The van der Waals surface area contributed by atoms with E-state index in [1.54, 1.807) is 6.20 Å². The van der Waals surface area contributed by atoms with E-state index in [1.807, 2.05) is 12.3 Å². The molecule has 1 saturated heterocycles. The molecular formula is C26H33N7O3. The first kappa shape index (κ1) is 22.2. The number of aromatic nitrogens is 4. The normalized spacial score (nSPS) is 32.3. The van der Waals surface area contributed by atoms with Gasteiger partial charge in [0.1, 0.15) is 5.65 Å². The van der Waals surface area contributed by atoms with Crippen LogP contribution in [0.4, 0.5) is 5.69 Å². The number of piperidine rings is 1. The number of anilines is 1. The van der Waals surface area contributed by atoms with Crippen LogP contribution in [0.5, 0.6) is 0 Å². The highest BCUT2D eigenvalue weighted by Crippen LogP contribution is 2.56. The zero-order valence-corrected chi connectivity index (χ0v) is 20.5. The van der Waals surface area contributed by atoms with Gasteiger partial charge in [-0.3, -0.25) is 4.79 Å². The molecule has 5 aliphatic rings. The van der Waals surface area contributed by atoms with Crippen molar-refractivity contribution < 1.29 is 14.4 Å². The minimum absolute atomic E-state index is 0.0270. The van der Waals surface area contributed by atoms with E-state index >= 15 is 0 Å². The third kappa shape index (κ3) is 3.78. The monoisotopic (exact) mass is 491 g/mol. The third-order valence-electron chi connectivity index (χ3n) is 9.05. The summed E-state index contributed by atoms with van der Waals surface area (Å²) in [6.07, 6.45) is 10.4. The van der Waals surface area contributed by atoms with E-state index in [-0.39, 0.29) is 23.9 Å². The summed E-state index contributed by atoms with van der Waals surface area (Å²) >= 11 is 0. The number of pyridine rings is 1. The fourth-order valence-electron chi connectivity index (χ4n) is 7.54. The number of nitrogens with one attached hydrogen (secondary N) is 3. The molecule has 0 spiro atoms. The Morgan fingerprint density at radius 3 is 2.75 bits per heavy atom. The quantitative estimate of drug-likeness (QED) is 0.428. The van der Waals surface area contributed by atoms with Crippen molar-refractivity contribution in [1.82, 2.24) is 30.3 Å². The van der Waals surface area contributed by atoms with E-state index in [1.165, 1.54) is 0 Å². The molecule has 4 aliphatic carbocycles. The summed E-state index contributed by atoms with van der Waals surface area (Å²) in [5.74, 6) is 1.51. The van der Waals surface area contributed by atoms with Crippen molar-refractivity contribution in [3.63, 3.8) is 0 Å². The highest BCUT2D eigenvalue weighted by Gasteiger charge is 2.54. The largest absolute Gasteiger partial charge is 0.390 e. The highest BCUT2D eigenvalue weighted by atomic mass is 16.5. The van der Waals surface area contributed by atoms with Gasteiger partial charge in [0, 0.05) is 29.9 Å². The Morgan fingerprint density at radius 1 is 1.22 bits per heavy atom. The van der Waals surface area contributed by atoms with E-state index < -0.39 is 5.60 Å². The summed E-state index contributed by atoms with van der Waals surface area (Å²) in [4.78, 5) is 27.3. The minimum atomic E-state index is -0.483. The summed E-state index contributed by atoms with van der Waals surface area (Å²) in [5, 5.41) is 23.1. The number of aliphatic hydroxyl groups is 1. The summed E-state index contributed by atoms with van der Waals surface area (Å²) in [7, 11) is 2.09. The SMILES string of the molecule is CN1CCC(NC(=O)c2nc(-c3cnc4[nH]ccc4c3NC3[C@@H]4CC5C[C@H]3CC(O)(C5)C4)no2)CC1. The average molecular weight is 492 g/mol. The van der Waals surface area contributed by atoms with Crippen LogP contribution in [0.3, 0.4) is 0 Å². The lowest BCUT2D eigenvalue weighted by atomic mass is 9.52. The van der Waals surface area contributed by atoms with Crippen LogP contribution in [0.15, 0.2) is 23.0 Å². The molecule has 1 aliphatic heterocycles. The van der Waals surface area contributed by atoms with E-state index in [4.69, 9.17) is 4.52 Å². The molecule has 5 fully saturated rings. The first-order valence-corrected chi connectivity index (χ1v) is 13.2. The third-order valence-corrected chi connectivity index (χ3v) is 9.05. The van der Waals surface area contributed by atoms with Gasteiger partial charge >= 0.3 is 11.8 Å². The Hall–Kier alpha value is -2.98. The molecule has 5 atom stereocenters. The molecule has 8 rings (SSSR count). The molecule has 0 radical (unpaired) electrons. The molecule has 36 heavy (non-hydrogen) atoms. The molecule has 10 nitrogen and oxygen atoms in total. The molecule has 10 heteroatoms. The van der Waals surface area contributed by atoms with Crippen LogP contribution in [0.1, 0.15) is 55.6 Å². The molecule has 190 valence electrons. The Bertz CT molecular complexity index is 1280. The van der Waals surface area contributed by atoms with Crippen molar-refractivity contribution in [3.05, 3.63) is 24.4 Å². The number of hydrogen-bond donors (Lipinski definition) is 4. The van der Waals surface area contributed by atoms with Crippen LogP contribution in [0.2, 0.25) is 0 Å². The molecule has 3 aromatic heterocycles. The van der Waals surface area contributed by atoms with Gasteiger partial charge in [-0.15, -0.1) is 0 Å². The lowest BCUT2D eigenvalue weighted by molar-refractivity contribution is -0.129. The molecule has 4 heterocycles. The van der Waals surface area contributed by atoms with Gasteiger partial charge in [0.15, 0.2) is 0 Å². The van der Waals surface area contributed by atoms with Crippen LogP contribution in [-0.4, -0.2) is 73.8 Å². The first-order valence-electron chi connectivity index (χ1n) is 13.2. The highest BCUT2D eigenvalue weighted by molar-refractivity contribution is 5.97. The van der Waals surface area contributed by atoms with Crippen LogP contribution in [-0.2, 0) is 0 Å². The second-order valence-electron chi connectivity index (χ2n) is 11.6. The van der Waals surface area contributed by atoms with Gasteiger partial charge in [-0.1, -0.05) is 5.16 Å². The van der Waals surface area contributed by atoms with Gasteiger partial charge in [-0.2, -0.15) is 4.98 Å². The fraction of sp³-hybridized carbons (Fsp3) is 0.615. The Morgan fingerprint density at radius 2 is 2.00 bits per heavy atom. The van der Waals surface area contributed by atoms with Crippen molar-refractivity contribution in [1.29, 1.82) is 0 Å². The van der Waals surface area contributed by atoms with E-state index in [0.717, 1.165) is 80.3 Å². The maximum absolute atomic E-state index is 12.8. The standard InChI is InChI=1S/C26H33N7O3/c1-33-6-3-17(4-7-33)29-24(34)25-31-23(32-36-25)19-13-28-22-18(2-5-27-22)21(19)30-20-15-8-14-9-16(20)12-26(35,10-14)11-15/h2,5,13-17,20,35H,3-4,6-12H2,1H3,(H,29,34)(H2,27,28,30)/t14?,15-,16+,20?,26?. The average Bonchev–Trinajstić information content (AvgIpc) is 3.52. The van der Waals surface area contributed by atoms with Gasteiger partial charge in [0.2, 0.25) is 5.82 Å². The van der Waals surface area contributed by atoms with Gasteiger partial charge < -0.3 is 30.1 Å². The summed E-state index contributed by atoms with van der Waals surface area (Å²) in [5.41, 5.74) is 1.93. The molecule has 1 amide bonds. The van der Waals surface area contributed by atoms with Crippen LogP contribution in [0.25, 0.3) is 22.4 Å². The van der Waals surface area contributed by atoms with E-state index in [2.05, 4.69) is 42.7 Å². The lowest BCUT2D eigenvalue weighted by Gasteiger charge is -2.58. The van der Waals surface area contributed by atoms with Crippen molar-refractivity contribution in [3.8, 4) is 11.4 Å². The number of fused-ring (bicyclic) bond motifs is 1. The Kier molecular flexibility index (Phi) is 5.11. The maximum atomic E-state index is 12.8. The predicted molar refractivity (Wildman–Crippen MR) is 133 cm³/mol. The van der Waals surface area contributed by atoms with Crippen molar-refractivity contribution in [2.24, 2.45) is 17.8 Å². The molecule has 4 N–H and O–H groups in total. The number of rotatable bonds is 5. The fourth-order valence-corrected chi connectivity index (χ4v) is 7.54. The summed E-state index contributed by atoms with van der Waals surface area (Å²) in [6, 6.07) is 2.40. The number of aromatic amines is 1. The smallest absolute Gasteiger partial charge is 0.316 e. The summed E-state index contributed by atoms with van der Waals surface area (Å²) < 4.78 is 5.41. The Balaban J connectivity index is 1.17. The molecule has 3 unspecified atom stereocenters. The van der Waals surface area contributed by atoms with Gasteiger partial charge in [-0.05, 0) is 88.9 Å². The van der Waals surface area contributed by atoms with Gasteiger partial charge in [0.25, 0.3) is 0 Å². The minimum Gasteiger partial charge on any atom is -0.390 e. The van der Waals surface area contributed by atoms with E-state index in [9.17, 15) is 9.90 Å². The Labute approximate surface area is 209 Å². The topological polar surface area (TPSA) is 132 Å². The zero-order valence-electron chi connectivity index (χ0n) is 20.5. The number of nitrogens with zero attached hydrogens (tertiary/aromatic N) is 4. The molecule has 3 aromatic rings. The van der Waals surface area contributed by atoms with Gasteiger partial charge in [-0.25, -0.2) is 4.98 Å². The second kappa shape index (κ2) is 8.27. The maximum Gasteiger partial charge on any atom is 0.316 e. The number of carbonyl (C=O) groups excluding carboxylic acids is 1. The lowest BCUT2D eigenvalue weighted by Crippen LogP contribution is -2.59. The van der Waals surface area contributed by atoms with E-state index in [0.29, 0.717) is 23.6 Å². The number of hydrogen-bond acceptors (Lipinski definition) is 8. The van der Waals surface area contributed by atoms with Crippen molar-refractivity contribution >= 4 is 22.6 Å².